The van der Waals surface area contributed by atoms with Gasteiger partial charge >= 0.3 is 0 Å². The minimum atomic E-state index is -0.196. The van der Waals surface area contributed by atoms with Gasteiger partial charge in [0, 0.05) is 32.0 Å². The number of rotatable bonds is 4. The van der Waals surface area contributed by atoms with Crippen LogP contribution in [0.3, 0.4) is 0 Å². The Morgan fingerprint density at radius 3 is 2.76 bits per heavy atom. The Labute approximate surface area is 149 Å². The first kappa shape index (κ1) is 17.9. The van der Waals surface area contributed by atoms with Crippen LogP contribution in [0.2, 0.25) is 0 Å². The third kappa shape index (κ3) is 4.03. The van der Waals surface area contributed by atoms with E-state index in [1.807, 2.05) is 23.1 Å². The predicted molar refractivity (Wildman–Crippen MR) is 95.9 cm³/mol. The van der Waals surface area contributed by atoms with Crippen molar-refractivity contribution in [2.75, 3.05) is 13.2 Å². The Bertz CT molecular complexity index is 631. The standard InChI is InChI=1S/C20H28N2O3/c1-14(24)22-11-10-15-6-2-4-8-17(15)19(22)12-20(25)21-18-9-5-3-7-16(18)13-23/h2,4,6,8,16,18-19,23H,3,5,7,9-13H2,1H3,(H,21,25). The molecule has 0 bridgehead atoms. The third-order valence-electron chi connectivity index (χ3n) is 5.69. The molecule has 0 aromatic heterocycles. The second-order valence-electron chi connectivity index (χ2n) is 7.28. The van der Waals surface area contributed by atoms with Gasteiger partial charge in [-0.15, -0.1) is 0 Å². The van der Waals surface area contributed by atoms with Crippen LogP contribution in [0, 0.1) is 5.92 Å². The first-order valence-electron chi connectivity index (χ1n) is 9.35. The van der Waals surface area contributed by atoms with Gasteiger partial charge in [0.1, 0.15) is 0 Å². The van der Waals surface area contributed by atoms with E-state index in [0.29, 0.717) is 6.54 Å². The van der Waals surface area contributed by atoms with E-state index in [0.717, 1.165) is 37.7 Å². The van der Waals surface area contributed by atoms with Gasteiger partial charge in [0.2, 0.25) is 11.8 Å². The van der Waals surface area contributed by atoms with Crippen molar-refractivity contribution in [1.29, 1.82) is 0 Å². The fourth-order valence-corrected chi connectivity index (χ4v) is 4.31. The van der Waals surface area contributed by atoms with Crippen LogP contribution in [0.15, 0.2) is 24.3 Å². The van der Waals surface area contributed by atoms with Crippen molar-refractivity contribution in [3.05, 3.63) is 35.4 Å². The lowest BCUT2D eigenvalue weighted by atomic mass is 9.84. The molecule has 1 heterocycles. The fourth-order valence-electron chi connectivity index (χ4n) is 4.31. The van der Waals surface area contributed by atoms with E-state index in [1.165, 1.54) is 5.56 Å². The second-order valence-corrected chi connectivity index (χ2v) is 7.28. The molecule has 5 nitrogen and oxygen atoms in total. The molecule has 25 heavy (non-hydrogen) atoms. The number of amides is 2. The highest BCUT2D eigenvalue weighted by Gasteiger charge is 2.32. The molecule has 1 aliphatic carbocycles. The van der Waals surface area contributed by atoms with E-state index >= 15 is 0 Å². The minimum Gasteiger partial charge on any atom is -0.396 e. The Morgan fingerprint density at radius 1 is 1.24 bits per heavy atom. The Morgan fingerprint density at radius 2 is 2.00 bits per heavy atom. The largest absolute Gasteiger partial charge is 0.396 e. The molecule has 1 aromatic carbocycles. The zero-order chi connectivity index (χ0) is 17.8. The molecule has 136 valence electrons. The summed E-state index contributed by atoms with van der Waals surface area (Å²) < 4.78 is 0. The molecule has 0 spiro atoms. The Kier molecular flexibility index (Phi) is 5.74. The van der Waals surface area contributed by atoms with Crippen LogP contribution < -0.4 is 5.32 Å². The topological polar surface area (TPSA) is 69.6 Å². The van der Waals surface area contributed by atoms with Crippen LogP contribution in [0.4, 0.5) is 0 Å². The summed E-state index contributed by atoms with van der Waals surface area (Å²) in [7, 11) is 0. The van der Waals surface area contributed by atoms with Gasteiger partial charge < -0.3 is 15.3 Å². The first-order chi connectivity index (χ1) is 12.1. The molecule has 2 N–H and O–H groups in total. The molecule has 1 saturated carbocycles. The summed E-state index contributed by atoms with van der Waals surface area (Å²) >= 11 is 0. The lowest BCUT2D eigenvalue weighted by molar-refractivity contribution is -0.133. The number of hydrogen-bond donors (Lipinski definition) is 2. The molecule has 3 atom stereocenters. The molecule has 2 aliphatic rings. The number of aliphatic hydroxyl groups excluding tert-OH is 1. The number of fused-ring (bicyclic) bond motifs is 1. The van der Waals surface area contributed by atoms with Crippen LogP contribution in [0.5, 0.6) is 0 Å². The molecule has 1 aliphatic heterocycles. The predicted octanol–water partition coefficient (Wildman–Crippen LogP) is 2.19. The normalized spacial score (nSPS) is 26.0. The van der Waals surface area contributed by atoms with E-state index in [2.05, 4.69) is 11.4 Å². The summed E-state index contributed by atoms with van der Waals surface area (Å²) in [5, 5.41) is 12.7. The summed E-state index contributed by atoms with van der Waals surface area (Å²) in [6.45, 7) is 2.35. The van der Waals surface area contributed by atoms with Gasteiger partial charge in [0.25, 0.3) is 0 Å². The van der Waals surface area contributed by atoms with E-state index in [1.54, 1.807) is 6.92 Å². The quantitative estimate of drug-likeness (QED) is 0.880. The summed E-state index contributed by atoms with van der Waals surface area (Å²) in [4.78, 5) is 26.6. The summed E-state index contributed by atoms with van der Waals surface area (Å²) in [5.74, 6) is 0.136. The van der Waals surface area contributed by atoms with E-state index in [9.17, 15) is 14.7 Å². The number of aliphatic hydroxyl groups is 1. The van der Waals surface area contributed by atoms with E-state index in [4.69, 9.17) is 0 Å². The van der Waals surface area contributed by atoms with Gasteiger partial charge in [-0.1, -0.05) is 37.1 Å². The average Bonchev–Trinajstić information content (AvgIpc) is 2.62. The maximum Gasteiger partial charge on any atom is 0.222 e. The van der Waals surface area contributed by atoms with Crippen molar-refractivity contribution in [1.82, 2.24) is 10.2 Å². The highest BCUT2D eigenvalue weighted by molar-refractivity contribution is 5.80. The van der Waals surface area contributed by atoms with Crippen LogP contribution in [-0.4, -0.2) is 41.0 Å². The molecule has 5 heteroatoms. The Balaban J connectivity index is 1.72. The molecule has 3 unspecified atom stereocenters. The number of nitrogens with one attached hydrogen (secondary N) is 1. The molecule has 2 amide bonds. The summed E-state index contributed by atoms with van der Waals surface area (Å²) in [6.07, 6.45) is 5.22. The van der Waals surface area contributed by atoms with Crippen LogP contribution in [-0.2, 0) is 16.0 Å². The maximum absolute atomic E-state index is 12.7. The van der Waals surface area contributed by atoms with Gasteiger partial charge in [-0.2, -0.15) is 0 Å². The number of benzene rings is 1. The van der Waals surface area contributed by atoms with Gasteiger partial charge in [0.05, 0.1) is 12.5 Å². The number of hydrogen-bond acceptors (Lipinski definition) is 3. The molecular weight excluding hydrogens is 316 g/mol. The molecule has 0 radical (unpaired) electrons. The summed E-state index contributed by atoms with van der Waals surface area (Å²) in [5.41, 5.74) is 2.31. The van der Waals surface area contributed by atoms with Crippen molar-refractivity contribution in [3.8, 4) is 0 Å². The van der Waals surface area contributed by atoms with Gasteiger partial charge in [-0.3, -0.25) is 9.59 Å². The monoisotopic (exact) mass is 344 g/mol. The number of carbonyl (C=O) groups is 2. The number of carbonyl (C=O) groups excluding carboxylic acids is 2. The molecule has 1 fully saturated rings. The van der Waals surface area contributed by atoms with Crippen LogP contribution >= 0.6 is 0 Å². The SMILES string of the molecule is CC(=O)N1CCc2ccccc2C1CC(=O)NC1CCCCC1CO. The molecule has 0 saturated heterocycles. The van der Waals surface area contributed by atoms with Crippen molar-refractivity contribution in [2.24, 2.45) is 5.92 Å². The molecule has 1 aromatic rings. The van der Waals surface area contributed by atoms with Gasteiger partial charge in [-0.05, 0) is 30.4 Å². The van der Waals surface area contributed by atoms with Crippen LogP contribution in [0.25, 0.3) is 0 Å². The smallest absolute Gasteiger partial charge is 0.222 e. The Hall–Kier alpha value is -1.88. The van der Waals surface area contributed by atoms with Crippen molar-refractivity contribution >= 4 is 11.8 Å². The third-order valence-corrected chi connectivity index (χ3v) is 5.69. The van der Waals surface area contributed by atoms with E-state index < -0.39 is 0 Å². The lowest BCUT2D eigenvalue weighted by Gasteiger charge is -2.37. The number of nitrogens with zero attached hydrogens (tertiary/aromatic N) is 1. The van der Waals surface area contributed by atoms with Gasteiger partial charge in [0.15, 0.2) is 0 Å². The van der Waals surface area contributed by atoms with Crippen molar-refractivity contribution in [3.63, 3.8) is 0 Å². The zero-order valence-corrected chi connectivity index (χ0v) is 14.9. The van der Waals surface area contributed by atoms with Gasteiger partial charge in [-0.25, -0.2) is 0 Å². The van der Waals surface area contributed by atoms with Crippen molar-refractivity contribution < 1.29 is 14.7 Å². The molecule has 3 rings (SSSR count). The minimum absolute atomic E-state index is 0.0122. The average molecular weight is 344 g/mol. The highest BCUT2D eigenvalue weighted by atomic mass is 16.3. The first-order valence-corrected chi connectivity index (χ1v) is 9.35. The fraction of sp³-hybridized carbons (Fsp3) is 0.600. The van der Waals surface area contributed by atoms with E-state index in [-0.39, 0.29) is 42.8 Å². The van der Waals surface area contributed by atoms with Crippen LogP contribution in [0.1, 0.15) is 56.2 Å². The molecular formula is C20H28N2O3. The summed E-state index contributed by atoms with van der Waals surface area (Å²) in [6, 6.07) is 7.94. The van der Waals surface area contributed by atoms with Crippen molar-refractivity contribution in [2.45, 2.75) is 57.5 Å². The maximum atomic E-state index is 12.7. The lowest BCUT2D eigenvalue weighted by Crippen LogP contribution is -2.46. The highest BCUT2D eigenvalue weighted by Crippen LogP contribution is 2.32. The zero-order valence-electron chi connectivity index (χ0n) is 14.9. The second kappa shape index (κ2) is 8.00.